The molecule has 0 bridgehead atoms. The van der Waals surface area contributed by atoms with Crippen LogP contribution < -0.4 is 0 Å². The summed E-state index contributed by atoms with van der Waals surface area (Å²) in [5.41, 5.74) is 1.30. The van der Waals surface area contributed by atoms with Crippen molar-refractivity contribution in [1.29, 1.82) is 0 Å². The van der Waals surface area contributed by atoms with E-state index in [4.69, 9.17) is 4.74 Å². The minimum Gasteiger partial charge on any atom is -0.444 e. The second-order valence-electron chi connectivity index (χ2n) is 8.41. The van der Waals surface area contributed by atoms with Crippen LogP contribution in [-0.4, -0.2) is 56.7 Å². The molecule has 0 aliphatic carbocycles. The third-order valence-electron chi connectivity index (χ3n) is 5.20. The first-order valence-corrected chi connectivity index (χ1v) is 9.58. The number of piperidine rings is 1. The molecule has 1 aromatic heterocycles. The number of hydrogen-bond donors (Lipinski definition) is 2. The van der Waals surface area contributed by atoms with Gasteiger partial charge in [0.25, 0.3) is 0 Å². The number of β-amino-alcohol motifs (C(OH)–C–C–N with tert-alkyl or cyclic N) is 1. The molecule has 1 fully saturated rings. The summed E-state index contributed by atoms with van der Waals surface area (Å²) in [5, 5.41) is 23.5. The molecule has 0 saturated carbocycles. The van der Waals surface area contributed by atoms with Crippen molar-refractivity contribution in [2.24, 2.45) is 0 Å². The van der Waals surface area contributed by atoms with Gasteiger partial charge in [0.2, 0.25) is 0 Å². The third kappa shape index (κ3) is 3.23. The number of para-hydroxylation sites is 2. The van der Waals surface area contributed by atoms with Crippen LogP contribution in [0.5, 0.6) is 0 Å². The Morgan fingerprint density at radius 3 is 2.04 bits per heavy atom. The molecule has 2 aromatic carbocycles. The molecule has 3 aromatic rings. The van der Waals surface area contributed by atoms with Gasteiger partial charge in [0.15, 0.2) is 0 Å². The van der Waals surface area contributed by atoms with E-state index in [-0.39, 0.29) is 13.1 Å². The first-order chi connectivity index (χ1) is 13.3. The van der Waals surface area contributed by atoms with Crippen LogP contribution in [0, 0.1) is 0 Å². The second kappa shape index (κ2) is 6.79. The highest BCUT2D eigenvalue weighted by molar-refractivity contribution is 6.08. The van der Waals surface area contributed by atoms with Crippen LogP contribution in [0.3, 0.4) is 0 Å². The monoisotopic (exact) mass is 382 g/mol. The van der Waals surface area contributed by atoms with Gasteiger partial charge >= 0.3 is 6.09 Å². The zero-order valence-corrected chi connectivity index (χ0v) is 16.4. The lowest BCUT2D eigenvalue weighted by Crippen LogP contribution is -2.55. The van der Waals surface area contributed by atoms with Crippen molar-refractivity contribution in [3.8, 4) is 0 Å². The van der Waals surface area contributed by atoms with Gasteiger partial charge in [-0.25, -0.2) is 4.79 Å². The summed E-state index contributed by atoms with van der Waals surface area (Å²) in [6.45, 7) is 5.74. The van der Waals surface area contributed by atoms with Gasteiger partial charge in [-0.15, -0.1) is 0 Å². The number of carbonyl (C=O) groups excluding carboxylic acids is 1. The SMILES string of the molecule is CC(C)(C)OC(=O)N1CC(O)C(O)[C@@H](n2c3ccccc3c3ccccc32)C1. The molecular formula is C22H26N2O4. The molecule has 0 radical (unpaired) electrons. The summed E-state index contributed by atoms with van der Waals surface area (Å²) in [4.78, 5) is 14.1. The number of carbonyl (C=O) groups is 1. The van der Waals surface area contributed by atoms with Crippen molar-refractivity contribution in [3.05, 3.63) is 48.5 Å². The van der Waals surface area contributed by atoms with Gasteiger partial charge < -0.3 is 24.4 Å². The Bertz CT molecular complexity index is 967. The van der Waals surface area contributed by atoms with Crippen LogP contribution in [0.2, 0.25) is 0 Å². The number of hydrogen-bond acceptors (Lipinski definition) is 4. The molecule has 2 unspecified atom stereocenters. The highest BCUT2D eigenvalue weighted by Gasteiger charge is 2.40. The van der Waals surface area contributed by atoms with E-state index >= 15 is 0 Å². The fourth-order valence-electron chi connectivity index (χ4n) is 4.02. The van der Waals surface area contributed by atoms with E-state index in [0.29, 0.717) is 0 Å². The molecule has 1 aliphatic heterocycles. The van der Waals surface area contributed by atoms with E-state index in [2.05, 4.69) is 0 Å². The van der Waals surface area contributed by atoms with Crippen molar-refractivity contribution >= 4 is 27.9 Å². The largest absolute Gasteiger partial charge is 0.444 e. The zero-order chi connectivity index (χ0) is 20.1. The average molecular weight is 382 g/mol. The highest BCUT2D eigenvalue weighted by atomic mass is 16.6. The Hall–Kier alpha value is -2.57. The summed E-state index contributed by atoms with van der Waals surface area (Å²) in [6.07, 6.45) is -2.52. The van der Waals surface area contributed by atoms with Gasteiger partial charge in [-0.2, -0.15) is 0 Å². The smallest absolute Gasteiger partial charge is 0.410 e. The maximum atomic E-state index is 12.6. The fraction of sp³-hybridized carbons (Fsp3) is 0.409. The number of amides is 1. The summed E-state index contributed by atoms with van der Waals surface area (Å²) < 4.78 is 7.52. The predicted molar refractivity (Wildman–Crippen MR) is 108 cm³/mol. The number of aliphatic hydroxyl groups excluding tert-OH is 2. The molecule has 6 nitrogen and oxygen atoms in total. The average Bonchev–Trinajstić information content (AvgIpc) is 2.97. The molecule has 148 valence electrons. The molecule has 6 heteroatoms. The number of rotatable bonds is 1. The standard InChI is InChI=1S/C22H26N2O4/c1-22(2,3)28-21(27)23-12-18(20(26)19(25)13-23)24-16-10-6-4-8-14(16)15-9-5-7-11-17(15)24/h4-11,18-20,25-26H,12-13H2,1-3H3/t18-,19?,20?/m0/s1. The minimum absolute atomic E-state index is 0.0454. The lowest BCUT2D eigenvalue weighted by Gasteiger charge is -2.40. The Morgan fingerprint density at radius 2 is 1.50 bits per heavy atom. The topological polar surface area (TPSA) is 74.9 Å². The molecule has 2 heterocycles. The van der Waals surface area contributed by atoms with Gasteiger partial charge in [-0.05, 0) is 32.9 Å². The van der Waals surface area contributed by atoms with E-state index in [1.54, 1.807) is 0 Å². The molecule has 1 aliphatic rings. The number of ether oxygens (including phenoxy) is 1. The van der Waals surface area contributed by atoms with Gasteiger partial charge in [-0.3, -0.25) is 0 Å². The zero-order valence-electron chi connectivity index (χ0n) is 16.4. The third-order valence-corrected chi connectivity index (χ3v) is 5.20. The Labute approximate surface area is 163 Å². The molecule has 0 spiro atoms. The predicted octanol–water partition coefficient (Wildman–Crippen LogP) is 3.31. The highest BCUT2D eigenvalue weighted by Crippen LogP contribution is 2.35. The van der Waals surface area contributed by atoms with Crippen molar-refractivity contribution in [2.45, 2.75) is 44.6 Å². The van der Waals surface area contributed by atoms with Crippen LogP contribution in [0.15, 0.2) is 48.5 Å². The molecule has 28 heavy (non-hydrogen) atoms. The fourth-order valence-corrected chi connectivity index (χ4v) is 4.02. The minimum atomic E-state index is -1.05. The lowest BCUT2D eigenvalue weighted by atomic mass is 9.99. The van der Waals surface area contributed by atoms with Crippen molar-refractivity contribution < 1.29 is 19.7 Å². The summed E-state index contributed by atoms with van der Waals surface area (Å²) in [5.74, 6) is 0. The summed E-state index contributed by atoms with van der Waals surface area (Å²) >= 11 is 0. The van der Waals surface area contributed by atoms with Crippen molar-refractivity contribution in [1.82, 2.24) is 9.47 Å². The molecule has 2 N–H and O–H groups in total. The van der Waals surface area contributed by atoms with Crippen molar-refractivity contribution in [3.63, 3.8) is 0 Å². The van der Waals surface area contributed by atoms with E-state index in [1.807, 2.05) is 73.9 Å². The molecular weight excluding hydrogens is 356 g/mol. The van der Waals surface area contributed by atoms with E-state index in [1.165, 1.54) is 4.90 Å². The van der Waals surface area contributed by atoms with Crippen LogP contribution in [0.4, 0.5) is 4.79 Å². The lowest BCUT2D eigenvalue weighted by molar-refractivity contribution is -0.0704. The molecule has 3 atom stereocenters. The number of fused-ring (bicyclic) bond motifs is 3. The maximum absolute atomic E-state index is 12.6. The first kappa shape index (κ1) is 18.8. The van der Waals surface area contributed by atoms with E-state index in [9.17, 15) is 15.0 Å². The molecule has 4 rings (SSSR count). The van der Waals surface area contributed by atoms with Crippen LogP contribution >= 0.6 is 0 Å². The number of benzene rings is 2. The van der Waals surface area contributed by atoms with Crippen LogP contribution in [0.1, 0.15) is 26.8 Å². The molecule has 1 saturated heterocycles. The quantitative estimate of drug-likeness (QED) is 0.677. The number of aliphatic hydroxyl groups is 2. The summed E-state index contributed by atoms with van der Waals surface area (Å²) in [7, 11) is 0. The normalized spacial score (nSPS) is 23.3. The Morgan fingerprint density at radius 1 is 0.964 bits per heavy atom. The maximum Gasteiger partial charge on any atom is 0.410 e. The second-order valence-corrected chi connectivity index (χ2v) is 8.41. The Balaban J connectivity index is 1.79. The molecule has 1 amide bonds. The van der Waals surface area contributed by atoms with Crippen molar-refractivity contribution in [2.75, 3.05) is 13.1 Å². The number of aromatic nitrogens is 1. The van der Waals surface area contributed by atoms with Crippen LogP contribution in [0.25, 0.3) is 21.8 Å². The number of likely N-dealkylation sites (tertiary alicyclic amines) is 1. The van der Waals surface area contributed by atoms with Gasteiger partial charge in [0.05, 0.1) is 18.7 Å². The van der Waals surface area contributed by atoms with Gasteiger partial charge in [-0.1, -0.05) is 36.4 Å². The first-order valence-electron chi connectivity index (χ1n) is 9.58. The number of nitrogens with zero attached hydrogens (tertiary/aromatic N) is 2. The van der Waals surface area contributed by atoms with Gasteiger partial charge in [0.1, 0.15) is 11.7 Å². The summed E-state index contributed by atoms with van der Waals surface area (Å²) in [6, 6.07) is 15.5. The van der Waals surface area contributed by atoms with E-state index in [0.717, 1.165) is 21.8 Å². The van der Waals surface area contributed by atoms with Crippen LogP contribution in [-0.2, 0) is 4.74 Å². The van der Waals surface area contributed by atoms with Gasteiger partial charge in [0, 0.05) is 28.4 Å². The Kier molecular flexibility index (Phi) is 4.56. The van der Waals surface area contributed by atoms with E-state index < -0.39 is 29.9 Å².